The lowest BCUT2D eigenvalue weighted by Crippen LogP contribution is -2.11. The molecular formula is C10H11ClN2S2. The molecule has 0 aliphatic heterocycles. The van der Waals surface area contributed by atoms with Gasteiger partial charge in [-0.1, -0.05) is 18.5 Å². The van der Waals surface area contributed by atoms with Crippen LogP contribution < -0.4 is 5.32 Å². The molecule has 0 aliphatic rings. The van der Waals surface area contributed by atoms with Crippen LogP contribution in [0.2, 0.25) is 5.02 Å². The first-order chi connectivity index (χ1) is 7.29. The highest BCUT2D eigenvalue weighted by atomic mass is 35.5. The van der Waals surface area contributed by atoms with Gasteiger partial charge in [0.1, 0.15) is 5.01 Å². The average Bonchev–Trinajstić information content (AvgIpc) is 2.83. The molecular weight excluding hydrogens is 248 g/mol. The Kier molecular flexibility index (Phi) is 3.75. The van der Waals surface area contributed by atoms with Crippen LogP contribution in [0.25, 0.3) is 9.88 Å². The molecule has 80 valence electrons. The van der Waals surface area contributed by atoms with Crippen molar-refractivity contribution in [2.45, 2.75) is 13.5 Å². The second kappa shape index (κ2) is 5.07. The van der Waals surface area contributed by atoms with Gasteiger partial charge in [0.15, 0.2) is 0 Å². The quantitative estimate of drug-likeness (QED) is 0.906. The highest BCUT2D eigenvalue weighted by molar-refractivity contribution is 7.20. The van der Waals surface area contributed by atoms with Crippen LogP contribution in [-0.4, -0.2) is 11.5 Å². The second-order valence-electron chi connectivity index (χ2n) is 3.05. The number of thiazole rings is 1. The summed E-state index contributed by atoms with van der Waals surface area (Å²) in [6.45, 7) is 3.90. The fraction of sp³-hybridized carbons (Fsp3) is 0.300. The van der Waals surface area contributed by atoms with Gasteiger partial charge in [-0.05, 0) is 12.6 Å². The third kappa shape index (κ3) is 2.78. The van der Waals surface area contributed by atoms with Gasteiger partial charge in [0.2, 0.25) is 0 Å². The Morgan fingerprint density at radius 2 is 2.27 bits per heavy atom. The number of rotatable bonds is 4. The van der Waals surface area contributed by atoms with Crippen LogP contribution in [-0.2, 0) is 6.54 Å². The van der Waals surface area contributed by atoms with Gasteiger partial charge in [0, 0.05) is 17.3 Å². The van der Waals surface area contributed by atoms with Crippen LogP contribution in [0.1, 0.15) is 12.6 Å². The summed E-state index contributed by atoms with van der Waals surface area (Å²) in [7, 11) is 0. The first-order valence-corrected chi connectivity index (χ1v) is 6.83. The van der Waals surface area contributed by atoms with Crippen LogP contribution >= 0.6 is 34.3 Å². The molecule has 5 heteroatoms. The van der Waals surface area contributed by atoms with Crippen molar-refractivity contribution in [3.63, 3.8) is 0 Å². The summed E-state index contributed by atoms with van der Waals surface area (Å²) >= 11 is 9.18. The van der Waals surface area contributed by atoms with Crippen LogP contribution in [0, 0.1) is 0 Å². The Morgan fingerprint density at radius 1 is 1.40 bits per heavy atom. The number of nitrogens with zero attached hydrogens (tertiary/aromatic N) is 1. The molecule has 2 nitrogen and oxygen atoms in total. The summed E-state index contributed by atoms with van der Waals surface area (Å²) in [5.74, 6) is 0. The molecule has 0 atom stereocenters. The molecule has 0 aromatic carbocycles. The molecule has 1 N–H and O–H groups in total. The molecule has 0 radical (unpaired) electrons. The highest BCUT2D eigenvalue weighted by Gasteiger charge is 2.06. The van der Waals surface area contributed by atoms with Gasteiger partial charge in [-0.25, -0.2) is 4.98 Å². The summed E-state index contributed by atoms with van der Waals surface area (Å²) < 4.78 is 0. The molecule has 15 heavy (non-hydrogen) atoms. The lowest BCUT2D eigenvalue weighted by Gasteiger charge is -1.95. The van der Waals surface area contributed by atoms with Crippen molar-refractivity contribution < 1.29 is 0 Å². The summed E-state index contributed by atoms with van der Waals surface area (Å²) in [4.78, 5) is 5.69. The van der Waals surface area contributed by atoms with Crippen molar-refractivity contribution in [2.75, 3.05) is 6.54 Å². The number of halogens is 1. The molecule has 0 aliphatic carbocycles. The van der Waals surface area contributed by atoms with Gasteiger partial charge in [0.25, 0.3) is 0 Å². The average molecular weight is 259 g/mol. The molecule has 0 fully saturated rings. The molecule has 0 saturated heterocycles. The van der Waals surface area contributed by atoms with E-state index < -0.39 is 0 Å². The topological polar surface area (TPSA) is 24.9 Å². The fourth-order valence-corrected chi connectivity index (χ4v) is 3.15. The van der Waals surface area contributed by atoms with E-state index in [-0.39, 0.29) is 0 Å². The first kappa shape index (κ1) is 11.1. The molecule has 0 unspecified atom stereocenters. The Hall–Kier alpha value is -0.420. The summed E-state index contributed by atoms with van der Waals surface area (Å²) in [5.41, 5.74) is 1.10. The Balaban J connectivity index is 2.13. The molecule has 2 heterocycles. The van der Waals surface area contributed by atoms with Crippen LogP contribution in [0.4, 0.5) is 0 Å². The van der Waals surface area contributed by atoms with E-state index in [1.54, 1.807) is 22.7 Å². The van der Waals surface area contributed by atoms with Gasteiger partial charge in [-0.2, -0.15) is 0 Å². The zero-order valence-electron chi connectivity index (χ0n) is 8.29. The van der Waals surface area contributed by atoms with Gasteiger partial charge in [-0.3, -0.25) is 0 Å². The Bertz CT molecular complexity index is 436. The van der Waals surface area contributed by atoms with Crippen molar-refractivity contribution >= 4 is 34.3 Å². The van der Waals surface area contributed by atoms with E-state index in [9.17, 15) is 0 Å². The molecule has 2 rings (SSSR count). The normalized spacial score (nSPS) is 10.8. The van der Waals surface area contributed by atoms with Crippen LogP contribution in [0.5, 0.6) is 0 Å². The minimum atomic E-state index is 0.790. The first-order valence-electron chi connectivity index (χ1n) is 4.69. The fourth-order valence-electron chi connectivity index (χ4n) is 1.18. The molecule has 0 bridgehead atoms. The number of nitrogens with one attached hydrogen (secondary N) is 1. The monoisotopic (exact) mass is 258 g/mol. The molecule has 2 aromatic rings. The van der Waals surface area contributed by atoms with Gasteiger partial charge < -0.3 is 5.32 Å². The third-order valence-electron chi connectivity index (χ3n) is 1.89. The van der Waals surface area contributed by atoms with Crippen molar-refractivity contribution in [3.05, 3.63) is 27.5 Å². The summed E-state index contributed by atoms with van der Waals surface area (Å²) in [5, 5.41) is 9.12. The standard InChI is InChI=1S/C10H11ClN2S2/c1-2-12-4-8-6-15-10(13-8)9-3-7(11)5-14-9/h3,5-6,12H,2,4H2,1H3. The number of hydrogen-bond acceptors (Lipinski definition) is 4. The predicted octanol–water partition coefficient (Wildman–Crippen LogP) is 3.63. The SMILES string of the molecule is CCNCc1csc(-c2cc(Cl)cs2)n1. The van der Waals surface area contributed by atoms with Crippen molar-refractivity contribution in [2.24, 2.45) is 0 Å². The van der Waals surface area contributed by atoms with Crippen molar-refractivity contribution in [1.82, 2.24) is 10.3 Å². The maximum Gasteiger partial charge on any atom is 0.133 e. The van der Waals surface area contributed by atoms with E-state index in [4.69, 9.17) is 11.6 Å². The maximum atomic E-state index is 5.88. The highest BCUT2D eigenvalue weighted by Crippen LogP contribution is 2.31. The number of aromatic nitrogens is 1. The van der Waals surface area contributed by atoms with E-state index in [1.807, 2.05) is 11.4 Å². The molecule has 0 amide bonds. The van der Waals surface area contributed by atoms with Gasteiger partial charge in [-0.15, -0.1) is 22.7 Å². The van der Waals surface area contributed by atoms with Crippen molar-refractivity contribution in [3.8, 4) is 9.88 Å². The van der Waals surface area contributed by atoms with E-state index >= 15 is 0 Å². The predicted molar refractivity (Wildman–Crippen MR) is 67.8 cm³/mol. The number of thiophene rings is 1. The van der Waals surface area contributed by atoms with Crippen LogP contribution in [0.15, 0.2) is 16.8 Å². The Labute approximate surface area is 102 Å². The minimum Gasteiger partial charge on any atom is -0.311 e. The summed E-state index contributed by atoms with van der Waals surface area (Å²) in [6.07, 6.45) is 0. The molecule has 0 spiro atoms. The minimum absolute atomic E-state index is 0.790. The zero-order chi connectivity index (χ0) is 10.7. The second-order valence-corrected chi connectivity index (χ2v) is 5.26. The largest absolute Gasteiger partial charge is 0.311 e. The molecule has 0 saturated carbocycles. The van der Waals surface area contributed by atoms with Gasteiger partial charge >= 0.3 is 0 Å². The zero-order valence-corrected chi connectivity index (χ0v) is 10.7. The van der Waals surface area contributed by atoms with E-state index in [0.29, 0.717) is 0 Å². The van der Waals surface area contributed by atoms with Crippen molar-refractivity contribution in [1.29, 1.82) is 0 Å². The van der Waals surface area contributed by atoms with E-state index in [0.717, 1.165) is 33.7 Å². The maximum absolute atomic E-state index is 5.88. The van der Waals surface area contributed by atoms with Gasteiger partial charge in [0.05, 0.1) is 15.6 Å². The Morgan fingerprint density at radius 3 is 2.93 bits per heavy atom. The lowest BCUT2D eigenvalue weighted by molar-refractivity contribution is 0.715. The lowest BCUT2D eigenvalue weighted by atomic mass is 10.4. The third-order valence-corrected chi connectivity index (χ3v) is 4.22. The van der Waals surface area contributed by atoms with E-state index in [1.165, 1.54) is 0 Å². The molecule has 2 aromatic heterocycles. The van der Waals surface area contributed by atoms with E-state index in [2.05, 4.69) is 22.6 Å². The summed E-state index contributed by atoms with van der Waals surface area (Å²) in [6, 6.07) is 1.96. The van der Waals surface area contributed by atoms with Crippen LogP contribution in [0.3, 0.4) is 0 Å². The smallest absolute Gasteiger partial charge is 0.133 e. The number of hydrogen-bond donors (Lipinski definition) is 1.